The summed E-state index contributed by atoms with van der Waals surface area (Å²) in [7, 11) is 0. The Hall–Kier alpha value is -2.11. The van der Waals surface area contributed by atoms with Gasteiger partial charge in [0, 0.05) is 5.41 Å². The third-order valence-electron chi connectivity index (χ3n) is 5.62. The minimum absolute atomic E-state index is 0.0743. The molecule has 0 amide bonds. The Kier molecular flexibility index (Phi) is 3.34. The first-order valence-electron chi connectivity index (χ1n) is 8.13. The van der Waals surface area contributed by atoms with Crippen LogP contribution in [0, 0.1) is 11.3 Å². The zero-order chi connectivity index (χ0) is 16.9. The fourth-order valence-corrected chi connectivity index (χ4v) is 4.23. The van der Waals surface area contributed by atoms with Crippen LogP contribution in [-0.2, 0) is 9.53 Å². The summed E-state index contributed by atoms with van der Waals surface area (Å²) >= 11 is 0. The summed E-state index contributed by atoms with van der Waals surface area (Å²) in [5.74, 6) is -0.942. The van der Waals surface area contributed by atoms with Gasteiger partial charge < -0.3 is 19.3 Å². The first kappa shape index (κ1) is 15.4. The zero-order valence-corrected chi connectivity index (χ0v) is 13.5. The molecule has 1 aromatic rings. The molecule has 1 aromatic carbocycles. The second-order valence-electron chi connectivity index (χ2n) is 6.70. The molecule has 0 saturated carbocycles. The molecule has 0 bridgehead atoms. The molecule has 2 heterocycles. The summed E-state index contributed by atoms with van der Waals surface area (Å²) in [6.45, 7) is 6.03. The van der Waals surface area contributed by atoms with Gasteiger partial charge in [-0.3, -0.25) is 4.79 Å². The predicted molar refractivity (Wildman–Crippen MR) is 86.5 cm³/mol. The fraction of sp³-hybridized carbons (Fsp3) is 0.421. The van der Waals surface area contributed by atoms with E-state index in [2.05, 4.69) is 6.58 Å². The smallest absolute Gasteiger partial charge is 0.237 e. The molecule has 24 heavy (non-hydrogen) atoms. The number of benzene rings is 1. The van der Waals surface area contributed by atoms with Crippen LogP contribution in [0.15, 0.2) is 43.0 Å². The highest BCUT2D eigenvalue weighted by molar-refractivity contribution is 5.97. The molecule has 0 spiro atoms. The minimum Gasteiger partial charge on any atom is -0.454 e. The van der Waals surface area contributed by atoms with Gasteiger partial charge in [-0.15, -0.1) is 6.58 Å². The van der Waals surface area contributed by atoms with Gasteiger partial charge in [-0.1, -0.05) is 25.1 Å². The van der Waals surface area contributed by atoms with E-state index in [0.717, 1.165) is 5.56 Å². The molecule has 0 aromatic heterocycles. The van der Waals surface area contributed by atoms with E-state index in [1.54, 1.807) is 6.08 Å². The fourth-order valence-electron chi connectivity index (χ4n) is 4.23. The second-order valence-corrected chi connectivity index (χ2v) is 6.70. The Morgan fingerprint density at radius 1 is 1.38 bits per heavy atom. The molecule has 2 aliphatic heterocycles. The van der Waals surface area contributed by atoms with Crippen LogP contribution in [0.5, 0.6) is 11.5 Å². The van der Waals surface area contributed by atoms with E-state index in [4.69, 9.17) is 14.2 Å². The minimum atomic E-state index is -1.82. The second kappa shape index (κ2) is 5.19. The van der Waals surface area contributed by atoms with Crippen molar-refractivity contribution in [1.29, 1.82) is 0 Å². The lowest BCUT2D eigenvalue weighted by Gasteiger charge is -2.42. The van der Waals surface area contributed by atoms with E-state index in [1.165, 1.54) is 6.08 Å². The summed E-state index contributed by atoms with van der Waals surface area (Å²) < 4.78 is 16.8. The van der Waals surface area contributed by atoms with Crippen LogP contribution in [0.3, 0.4) is 0 Å². The van der Waals surface area contributed by atoms with Gasteiger partial charge in [-0.25, -0.2) is 0 Å². The summed E-state index contributed by atoms with van der Waals surface area (Å²) in [4.78, 5) is 12.4. The lowest BCUT2D eigenvalue weighted by atomic mass is 9.62. The van der Waals surface area contributed by atoms with Crippen molar-refractivity contribution in [3.8, 4) is 11.5 Å². The lowest BCUT2D eigenvalue weighted by Crippen LogP contribution is -2.54. The molecule has 5 nitrogen and oxygen atoms in total. The molecule has 5 heteroatoms. The van der Waals surface area contributed by atoms with E-state index in [-0.39, 0.29) is 12.7 Å². The number of rotatable bonds is 3. The highest BCUT2D eigenvalue weighted by Gasteiger charge is 2.66. The third-order valence-corrected chi connectivity index (χ3v) is 5.62. The maximum absolute atomic E-state index is 12.4. The maximum atomic E-state index is 12.4. The first-order chi connectivity index (χ1) is 11.5. The number of carbonyl (C=O) groups is 1. The summed E-state index contributed by atoms with van der Waals surface area (Å²) in [6, 6.07) is 5.60. The van der Waals surface area contributed by atoms with E-state index >= 15 is 0 Å². The Morgan fingerprint density at radius 2 is 2.17 bits per heavy atom. The number of aliphatic hydroxyl groups is 1. The third kappa shape index (κ3) is 1.85. The molecule has 4 atom stereocenters. The standard InChI is InChI=1S/C19H20O5/c1-3-8-18-9-4-5-16(20)19(18,21)24-17(12(18)2)13-6-7-14-15(10-13)23-11-22-14/h3-7,10,12,17,21H,1,8-9,11H2,2H3/t12-,17-,18-,19-/m0/s1. The molecule has 1 N–H and O–H groups in total. The van der Waals surface area contributed by atoms with Gasteiger partial charge in [0.15, 0.2) is 11.5 Å². The summed E-state index contributed by atoms with van der Waals surface area (Å²) in [6.07, 6.45) is 5.65. The van der Waals surface area contributed by atoms with Crippen molar-refractivity contribution in [3.05, 3.63) is 48.6 Å². The van der Waals surface area contributed by atoms with Crippen LogP contribution in [0.1, 0.15) is 31.4 Å². The SMILES string of the molecule is C=CC[C@@]12CC=CC(=O)[C@]1(O)O[C@H](c1ccc3c(c1)OCO3)[C@@H]2C. The van der Waals surface area contributed by atoms with Crippen molar-refractivity contribution in [1.82, 2.24) is 0 Å². The van der Waals surface area contributed by atoms with Crippen LogP contribution < -0.4 is 9.47 Å². The zero-order valence-electron chi connectivity index (χ0n) is 13.5. The van der Waals surface area contributed by atoms with Crippen LogP contribution in [0.2, 0.25) is 0 Å². The number of hydrogen-bond acceptors (Lipinski definition) is 5. The van der Waals surface area contributed by atoms with Crippen molar-refractivity contribution in [3.63, 3.8) is 0 Å². The van der Waals surface area contributed by atoms with E-state index in [1.807, 2.05) is 31.2 Å². The Balaban J connectivity index is 1.77. The van der Waals surface area contributed by atoms with Gasteiger partial charge in [0.1, 0.15) is 0 Å². The number of allylic oxidation sites excluding steroid dienone is 2. The molecule has 126 valence electrons. The molecule has 0 unspecified atom stereocenters. The number of hydrogen-bond donors (Lipinski definition) is 1. The van der Waals surface area contributed by atoms with Crippen molar-refractivity contribution in [2.24, 2.45) is 11.3 Å². The first-order valence-corrected chi connectivity index (χ1v) is 8.13. The van der Waals surface area contributed by atoms with Crippen LogP contribution in [0.25, 0.3) is 0 Å². The Labute approximate surface area is 140 Å². The van der Waals surface area contributed by atoms with Gasteiger partial charge in [0.25, 0.3) is 0 Å². The molecule has 1 aliphatic carbocycles. The average molecular weight is 328 g/mol. The molecule has 0 radical (unpaired) electrons. The normalized spacial score (nSPS) is 36.7. The van der Waals surface area contributed by atoms with Crippen LogP contribution in [0.4, 0.5) is 0 Å². The van der Waals surface area contributed by atoms with Crippen molar-refractivity contribution in [2.45, 2.75) is 31.7 Å². The van der Waals surface area contributed by atoms with Crippen LogP contribution >= 0.6 is 0 Å². The van der Waals surface area contributed by atoms with Crippen LogP contribution in [-0.4, -0.2) is 23.5 Å². The highest BCUT2D eigenvalue weighted by Crippen LogP contribution is 2.61. The highest BCUT2D eigenvalue weighted by atomic mass is 16.7. The average Bonchev–Trinajstić information content (AvgIpc) is 3.12. The largest absolute Gasteiger partial charge is 0.454 e. The van der Waals surface area contributed by atoms with E-state index < -0.39 is 23.1 Å². The van der Waals surface area contributed by atoms with Crippen molar-refractivity contribution in [2.75, 3.05) is 6.79 Å². The van der Waals surface area contributed by atoms with E-state index in [0.29, 0.717) is 24.3 Å². The van der Waals surface area contributed by atoms with Gasteiger partial charge >= 0.3 is 0 Å². The van der Waals surface area contributed by atoms with Gasteiger partial charge in [-0.05, 0) is 42.5 Å². The molecule has 1 saturated heterocycles. The molecular formula is C19H20O5. The molecule has 4 rings (SSSR count). The van der Waals surface area contributed by atoms with Crippen molar-refractivity contribution >= 4 is 5.78 Å². The van der Waals surface area contributed by atoms with Gasteiger partial charge in [-0.2, -0.15) is 0 Å². The van der Waals surface area contributed by atoms with Gasteiger partial charge in [0.05, 0.1) is 6.10 Å². The number of fused-ring (bicyclic) bond motifs is 2. The number of carbonyl (C=O) groups excluding carboxylic acids is 1. The molecule has 1 fully saturated rings. The maximum Gasteiger partial charge on any atom is 0.237 e. The van der Waals surface area contributed by atoms with Gasteiger partial charge in [0.2, 0.25) is 18.4 Å². The Morgan fingerprint density at radius 3 is 2.96 bits per heavy atom. The number of ketones is 1. The lowest BCUT2D eigenvalue weighted by molar-refractivity contribution is -0.229. The summed E-state index contributed by atoms with van der Waals surface area (Å²) in [5, 5.41) is 11.1. The number of ether oxygens (including phenoxy) is 3. The Bertz CT molecular complexity index is 739. The quantitative estimate of drug-likeness (QED) is 0.864. The predicted octanol–water partition coefficient (Wildman–Crippen LogP) is 2.90. The monoisotopic (exact) mass is 328 g/mol. The molecule has 3 aliphatic rings. The summed E-state index contributed by atoms with van der Waals surface area (Å²) in [5.41, 5.74) is 0.160. The van der Waals surface area contributed by atoms with Crippen molar-refractivity contribution < 1.29 is 24.1 Å². The topological polar surface area (TPSA) is 65.0 Å². The molecular weight excluding hydrogens is 308 g/mol. The van der Waals surface area contributed by atoms with E-state index in [9.17, 15) is 9.90 Å².